The van der Waals surface area contributed by atoms with Gasteiger partial charge < -0.3 is 0 Å². The Balaban J connectivity index is 2.79. The zero-order chi connectivity index (χ0) is 11.1. The average Bonchev–Trinajstić information content (AvgIpc) is 2.33. The SMILES string of the molecule is CCC(CC)(CC)N=Cc1ccccn1. The van der Waals surface area contributed by atoms with Gasteiger partial charge in [-0.1, -0.05) is 26.8 Å². The zero-order valence-corrected chi connectivity index (χ0v) is 9.90. The van der Waals surface area contributed by atoms with Gasteiger partial charge in [0.2, 0.25) is 0 Å². The summed E-state index contributed by atoms with van der Waals surface area (Å²) in [4.78, 5) is 8.93. The summed E-state index contributed by atoms with van der Waals surface area (Å²) in [5.74, 6) is 0. The number of aromatic nitrogens is 1. The van der Waals surface area contributed by atoms with E-state index in [2.05, 4.69) is 25.8 Å². The predicted octanol–water partition coefficient (Wildman–Crippen LogP) is 3.47. The van der Waals surface area contributed by atoms with Gasteiger partial charge in [-0.15, -0.1) is 0 Å². The third-order valence-electron chi connectivity index (χ3n) is 3.13. The van der Waals surface area contributed by atoms with Crippen LogP contribution in [0.2, 0.25) is 0 Å². The summed E-state index contributed by atoms with van der Waals surface area (Å²) in [6.07, 6.45) is 6.96. The highest BCUT2D eigenvalue weighted by atomic mass is 14.9. The quantitative estimate of drug-likeness (QED) is 0.674. The fourth-order valence-electron chi connectivity index (χ4n) is 1.68. The zero-order valence-electron chi connectivity index (χ0n) is 9.90. The molecule has 0 atom stereocenters. The van der Waals surface area contributed by atoms with Crippen molar-refractivity contribution in [3.05, 3.63) is 30.1 Å². The highest BCUT2D eigenvalue weighted by Crippen LogP contribution is 2.24. The summed E-state index contributed by atoms with van der Waals surface area (Å²) in [5.41, 5.74) is 1.05. The standard InChI is InChI=1S/C13H20N2/c1-4-13(5-2,6-3)15-11-12-9-7-8-10-14-12/h7-11H,4-6H2,1-3H3. The molecule has 1 rings (SSSR count). The summed E-state index contributed by atoms with van der Waals surface area (Å²) in [5, 5.41) is 0. The smallest absolute Gasteiger partial charge is 0.0808 e. The summed E-state index contributed by atoms with van der Waals surface area (Å²) < 4.78 is 0. The van der Waals surface area contributed by atoms with Gasteiger partial charge in [0, 0.05) is 12.4 Å². The molecule has 0 bridgehead atoms. The Kier molecular flexibility index (Phi) is 4.47. The van der Waals surface area contributed by atoms with Crippen LogP contribution in [0.4, 0.5) is 0 Å². The molecule has 2 heteroatoms. The van der Waals surface area contributed by atoms with Gasteiger partial charge in [-0.3, -0.25) is 9.98 Å². The largest absolute Gasteiger partial charge is 0.284 e. The summed E-state index contributed by atoms with van der Waals surface area (Å²) in [6.45, 7) is 6.59. The predicted molar refractivity (Wildman–Crippen MR) is 65.4 cm³/mol. The summed E-state index contributed by atoms with van der Waals surface area (Å²) in [7, 11) is 0. The highest BCUT2D eigenvalue weighted by Gasteiger charge is 2.21. The van der Waals surface area contributed by atoms with Gasteiger partial charge in [-0.2, -0.15) is 0 Å². The molecule has 2 nitrogen and oxygen atoms in total. The molecule has 0 saturated heterocycles. The second-order valence-electron chi connectivity index (χ2n) is 3.80. The third kappa shape index (κ3) is 3.15. The molecule has 0 N–H and O–H groups in total. The maximum absolute atomic E-state index is 4.69. The van der Waals surface area contributed by atoms with Crippen LogP contribution in [0.3, 0.4) is 0 Å². The second-order valence-corrected chi connectivity index (χ2v) is 3.80. The Labute approximate surface area is 92.5 Å². The molecule has 0 radical (unpaired) electrons. The fourth-order valence-corrected chi connectivity index (χ4v) is 1.68. The Hall–Kier alpha value is -1.18. The first-order chi connectivity index (χ1) is 7.26. The van der Waals surface area contributed by atoms with Crippen LogP contribution in [0.15, 0.2) is 29.4 Å². The molecule has 0 aliphatic heterocycles. The molecule has 0 saturated carbocycles. The van der Waals surface area contributed by atoms with Gasteiger partial charge in [0.1, 0.15) is 0 Å². The average molecular weight is 204 g/mol. The van der Waals surface area contributed by atoms with E-state index < -0.39 is 0 Å². The molecule has 0 aromatic carbocycles. The number of aliphatic imine (C=N–C) groups is 1. The van der Waals surface area contributed by atoms with Crippen LogP contribution in [0.1, 0.15) is 45.7 Å². The molecule has 82 valence electrons. The van der Waals surface area contributed by atoms with Crippen molar-refractivity contribution in [2.24, 2.45) is 4.99 Å². The van der Waals surface area contributed by atoms with Crippen molar-refractivity contribution in [3.8, 4) is 0 Å². The van der Waals surface area contributed by atoms with E-state index in [4.69, 9.17) is 4.99 Å². The lowest BCUT2D eigenvalue weighted by atomic mass is 9.91. The van der Waals surface area contributed by atoms with Crippen molar-refractivity contribution in [1.29, 1.82) is 0 Å². The summed E-state index contributed by atoms with van der Waals surface area (Å²) in [6, 6.07) is 5.89. The second kappa shape index (κ2) is 5.64. The van der Waals surface area contributed by atoms with Crippen molar-refractivity contribution in [1.82, 2.24) is 4.98 Å². The minimum Gasteiger partial charge on any atom is -0.284 e. The van der Waals surface area contributed by atoms with E-state index in [1.54, 1.807) is 6.20 Å². The summed E-state index contributed by atoms with van der Waals surface area (Å²) >= 11 is 0. The van der Waals surface area contributed by atoms with Crippen LogP contribution in [0.5, 0.6) is 0 Å². The minimum atomic E-state index is 0.109. The molecular weight excluding hydrogens is 184 g/mol. The van der Waals surface area contributed by atoms with E-state index in [1.807, 2.05) is 24.4 Å². The molecule has 0 unspecified atom stereocenters. The maximum Gasteiger partial charge on any atom is 0.0808 e. The Morgan fingerprint density at radius 1 is 1.20 bits per heavy atom. The van der Waals surface area contributed by atoms with Crippen molar-refractivity contribution in [2.75, 3.05) is 0 Å². The minimum absolute atomic E-state index is 0.109. The molecule has 1 aromatic rings. The molecule has 1 aromatic heterocycles. The van der Waals surface area contributed by atoms with Gasteiger partial charge in [0.05, 0.1) is 11.2 Å². The molecule has 0 fully saturated rings. The van der Waals surface area contributed by atoms with Gasteiger partial charge in [-0.25, -0.2) is 0 Å². The van der Waals surface area contributed by atoms with Crippen LogP contribution in [0.25, 0.3) is 0 Å². The van der Waals surface area contributed by atoms with Crippen LogP contribution < -0.4 is 0 Å². The molecule has 1 heterocycles. The lowest BCUT2D eigenvalue weighted by molar-refractivity contribution is 0.388. The normalized spacial score (nSPS) is 12.2. The van der Waals surface area contributed by atoms with E-state index in [-0.39, 0.29) is 5.54 Å². The van der Waals surface area contributed by atoms with Crippen molar-refractivity contribution in [2.45, 2.75) is 45.6 Å². The van der Waals surface area contributed by atoms with E-state index in [0.717, 1.165) is 25.0 Å². The van der Waals surface area contributed by atoms with Crippen molar-refractivity contribution < 1.29 is 0 Å². The Bertz CT molecular complexity index is 291. The lowest BCUT2D eigenvalue weighted by Gasteiger charge is -2.25. The lowest BCUT2D eigenvalue weighted by Crippen LogP contribution is -2.23. The monoisotopic (exact) mass is 204 g/mol. The highest BCUT2D eigenvalue weighted by molar-refractivity contribution is 5.77. The number of hydrogen-bond acceptors (Lipinski definition) is 2. The van der Waals surface area contributed by atoms with Gasteiger partial charge in [0.15, 0.2) is 0 Å². The van der Waals surface area contributed by atoms with Crippen molar-refractivity contribution >= 4 is 6.21 Å². The van der Waals surface area contributed by atoms with Gasteiger partial charge >= 0.3 is 0 Å². The van der Waals surface area contributed by atoms with Gasteiger partial charge in [0.25, 0.3) is 0 Å². The maximum atomic E-state index is 4.69. The van der Waals surface area contributed by atoms with Crippen LogP contribution in [0, 0.1) is 0 Å². The fraction of sp³-hybridized carbons (Fsp3) is 0.538. The molecule has 15 heavy (non-hydrogen) atoms. The van der Waals surface area contributed by atoms with Crippen LogP contribution >= 0.6 is 0 Å². The van der Waals surface area contributed by atoms with Crippen LogP contribution in [-0.4, -0.2) is 16.7 Å². The van der Waals surface area contributed by atoms with E-state index >= 15 is 0 Å². The molecule has 0 spiro atoms. The van der Waals surface area contributed by atoms with Gasteiger partial charge in [-0.05, 0) is 31.4 Å². The van der Waals surface area contributed by atoms with Crippen LogP contribution in [-0.2, 0) is 0 Å². The topological polar surface area (TPSA) is 25.2 Å². The Morgan fingerprint density at radius 2 is 1.87 bits per heavy atom. The first-order valence-electron chi connectivity index (χ1n) is 5.72. The molecule has 0 aliphatic carbocycles. The van der Waals surface area contributed by atoms with E-state index in [1.165, 1.54) is 0 Å². The Morgan fingerprint density at radius 3 is 2.33 bits per heavy atom. The third-order valence-corrected chi connectivity index (χ3v) is 3.13. The number of pyridine rings is 1. The van der Waals surface area contributed by atoms with E-state index in [0.29, 0.717) is 0 Å². The molecular formula is C13H20N2. The molecule has 0 aliphatic rings. The first-order valence-corrected chi connectivity index (χ1v) is 5.72. The first kappa shape index (κ1) is 11.9. The molecule has 0 amide bonds. The number of hydrogen-bond donors (Lipinski definition) is 0. The number of nitrogens with zero attached hydrogens (tertiary/aromatic N) is 2. The van der Waals surface area contributed by atoms with E-state index in [9.17, 15) is 0 Å². The number of rotatable bonds is 5. The van der Waals surface area contributed by atoms with Crippen molar-refractivity contribution in [3.63, 3.8) is 0 Å².